The van der Waals surface area contributed by atoms with Gasteiger partial charge < -0.3 is 19.8 Å². The lowest BCUT2D eigenvalue weighted by Gasteiger charge is -2.32. The maximum Gasteiger partial charge on any atom is 0.497 e. The molecule has 0 aromatic heterocycles. The van der Waals surface area contributed by atoms with Crippen LogP contribution in [0.3, 0.4) is 0 Å². The molecule has 0 bridgehead atoms. The van der Waals surface area contributed by atoms with E-state index in [1.165, 1.54) is 18.3 Å². The van der Waals surface area contributed by atoms with Gasteiger partial charge in [0.2, 0.25) is 0 Å². The van der Waals surface area contributed by atoms with Gasteiger partial charge in [0, 0.05) is 35.6 Å². The fraction of sp³-hybridized carbons (Fsp3) is 0.526. The molecule has 1 aromatic rings. The number of benzene rings is 1. The predicted octanol–water partition coefficient (Wildman–Crippen LogP) is 2.67. The molecule has 1 aliphatic heterocycles. The molecule has 0 aliphatic carbocycles. The van der Waals surface area contributed by atoms with E-state index in [0.29, 0.717) is 24.4 Å². The maximum absolute atomic E-state index is 14.8. The minimum atomic E-state index is -1.02. The number of aliphatic imine (C=N–C) groups is 1. The van der Waals surface area contributed by atoms with Gasteiger partial charge in [0.15, 0.2) is 11.6 Å². The Morgan fingerprint density at radius 2 is 1.78 bits per heavy atom. The number of allylic oxidation sites excluding steroid dienone is 1. The first-order valence-electron chi connectivity index (χ1n) is 8.82. The summed E-state index contributed by atoms with van der Waals surface area (Å²) in [4.78, 5) is 4.28. The summed E-state index contributed by atoms with van der Waals surface area (Å²) in [6.07, 6.45) is 1.22. The van der Waals surface area contributed by atoms with E-state index in [-0.39, 0.29) is 11.0 Å². The number of ether oxygens (including phenoxy) is 1. The lowest BCUT2D eigenvalue weighted by Crippen LogP contribution is -2.41. The van der Waals surface area contributed by atoms with Gasteiger partial charge in [-0.1, -0.05) is 12.1 Å². The molecule has 0 atom stereocenters. The maximum atomic E-state index is 14.8. The van der Waals surface area contributed by atoms with Crippen LogP contribution in [-0.4, -0.2) is 44.3 Å². The van der Waals surface area contributed by atoms with Crippen LogP contribution in [0.25, 0.3) is 5.57 Å². The van der Waals surface area contributed by atoms with Gasteiger partial charge >= 0.3 is 7.12 Å². The molecule has 0 radical (unpaired) electrons. The Morgan fingerprint density at radius 3 is 2.30 bits per heavy atom. The summed E-state index contributed by atoms with van der Waals surface area (Å²) in [7, 11) is 0.578. The standard InChI is InChI=1S/C19H27BF2N2O3/c1-12(24-9-10-25-6)14(11-23)13-7-8-15(17(22)16(13)21)20-26-18(2,3)19(4,5)27-20/h7-8,11H,9-10,23H2,1-6H3/b14-11+,24-12?. The Morgan fingerprint density at radius 1 is 1.19 bits per heavy atom. The number of hydrogen-bond donors (Lipinski definition) is 1. The van der Waals surface area contributed by atoms with Gasteiger partial charge in [-0.25, -0.2) is 8.78 Å². The molecular weight excluding hydrogens is 353 g/mol. The smallest absolute Gasteiger partial charge is 0.404 e. The van der Waals surface area contributed by atoms with Gasteiger partial charge in [-0.2, -0.15) is 0 Å². The average molecular weight is 380 g/mol. The summed E-state index contributed by atoms with van der Waals surface area (Å²) < 4.78 is 46.2. The van der Waals surface area contributed by atoms with E-state index >= 15 is 0 Å². The average Bonchev–Trinajstić information content (AvgIpc) is 2.80. The zero-order valence-corrected chi connectivity index (χ0v) is 16.7. The molecule has 0 spiro atoms. The Kier molecular flexibility index (Phi) is 6.45. The van der Waals surface area contributed by atoms with Crippen molar-refractivity contribution in [1.29, 1.82) is 0 Å². The molecule has 1 heterocycles. The van der Waals surface area contributed by atoms with Crippen molar-refractivity contribution in [2.75, 3.05) is 20.3 Å². The molecule has 1 fully saturated rings. The van der Waals surface area contributed by atoms with Crippen LogP contribution in [0.15, 0.2) is 23.3 Å². The van der Waals surface area contributed by atoms with Crippen molar-refractivity contribution < 1.29 is 22.8 Å². The molecule has 0 unspecified atom stereocenters. The largest absolute Gasteiger partial charge is 0.497 e. The zero-order chi connectivity index (χ0) is 20.4. The zero-order valence-electron chi connectivity index (χ0n) is 16.7. The van der Waals surface area contributed by atoms with Gasteiger partial charge in [-0.05, 0) is 34.6 Å². The first-order chi connectivity index (χ1) is 12.6. The summed E-state index contributed by atoms with van der Waals surface area (Å²) in [5.41, 5.74) is 5.22. The minimum absolute atomic E-state index is 0.0141. The molecule has 2 N–H and O–H groups in total. The summed E-state index contributed by atoms with van der Waals surface area (Å²) in [5, 5.41) is 0. The quantitative estimate of drug-likeness (QED) is 0.468. The molecule has 1 saturated heterocycles. The Hall–Kier alpha value is -1.77. The number of hydrogen-bond acceptors (Lipinski definition) is 5. The molecule has 8 heteroatoms. The SMILES string of the molecule is COCCN=C(C)/C(=C\N)c1ccc(B2OC(C)(C)C(C)(C)O2)c(F)c1F. The Bertz CT molecular complexity index is 748. The van der Waals surface area contributed by atoms with E-state index in [1.807, 2.05) is 27.7 Å². The highest BCUT2D eigenvalue weighted by molar-refractivity contribution is 6.62. The third-order valence-corrected chi connectivity index (χ3v) is 5.11. The molecule has 1 aromatic carbocycles. The highest BCUT2D eigenvalue weighted by Crippen LogP contribution is 2.37. The molecule has 1 aliphatic rings. The van der Waals surface area contributed by atoms with Crippen LogP contribution in [0, 0.1) is 11.6 Å². The Labute approximate surface area is 159 Å². The van der Waals surface area contributed by atoms with Crippen LogP contribution in [0.2, 0.25) is 0 Å². The third kappa shape index (κ3) is 4.23. The number of nitrogens with two attached hydrogens (primary N) is 1. The fourth-order valence-corrected chi connectivity index (χ4v) is 2.72. The van der Waals surface area contributed by atoms with Crippen LogP contribution in [0.4, 0.5) is 8.78 Å². The minimum Gasteiger partial charge on any atom is -0.404 e. The van der Waals surface area contributed by atoms with E-state index < -0.39 is 30.0 Å². The van der Waals surface area contributed by atoms with Crippen LogP contribution in [0.5, 0.6) is 0 Å². The van der Waals surface area contributed by atoms with E-state index in [4.69, 9.17) is 19.8 Å². The molecule has 0 amide bonds. The summed E-state index contributed by atoms with van der Waals surface area (Å²) >= 11 is 0. The molecule has 5 nitrogen and oxygen atoms in total. The molecule has 148 valence electrons. The van der Waals surface area contributed by atoms with Crippen LogP contribution < -0.4 is 11.2 Å². The second-order valence-corrected chi connectivity index (χ2v) is 7.46. The summed E-state index contributed by atoms with van der Waals surface area (Å²) in [6, 6.07) is 2.93. The fourth-order valence-electron chi connectivity index (χ4n) is 2.72. The van der Waals surface area contributed by atoms with Gasteiger partial charge in [0.25, 0.3) is 0 Å². The molecular formula is C19H27BF2N2O3. The van der Waals surface area contributed by atoms with Crippen LogP contribution >= 0.6 is 0 Å². The van der Waals surface area contributed by atoms with Gasteiger partial charge in [0.05, 0.1) is 24.4 Å². The second kappa shape index (κ2) is 8.08. The van der Waals surface area contributed by atoms with Crippen molar-refractivity contribution in [2.24, 2.45) is 10.7 Å². The highest BCUT2D eigenvalue weighted by Gasteiger charge is 2.52. The van der Waals surface area contributed by atoms with Gasteiger partial charge in [0.1, 0.15) is 0 Å². The number of halogens is 2. The van der Waals surface area contributed by atoms with Crippen molar-refractivity contribution in [1.82, 2.24) is 0 Å². The lowest BCUT2D eigenvalue weighted by molar-refractivity contribution is 0.00578. The van der Waals surface area contributed by atoms with E-state index in [0.717, 1.165) is 0 Å². The number of nitrogens with zero attached hydrogens (tertiary/aromatic N) is 1. The monoisotopic (exact) mass is 380 g/mol. The topological polar surface area (TPSA) is 66.1 Å². The predicted molar refractivity (Wildman–Crippen MR) is 104 cm³/mol. The highest BCUT2D eigenvalue weighted by atomic mass is 19.2. The second-order valence-electron chi connectivity index (χ2n) is 7.46. The molecule has 27 heavy (non-hydrogen) atoms. The third-order valence-electron chi connectivity index (χ3n) is 5.11. The van der Waals surface area contributed by atoms with Crippen molar-refractivity contribution in [3.63, 3.8) is 0 Å². The Balaban J connectivity index is 2.36. The lowest BCUT2D eigenvalue weighted by atomic mass is 9.77. The van der Waals surface area contributed by atoms with Crippen LogP contribution in [0.1, 0.15) is 40.2 Å². The van der Waals surface area contributed by atoms with E-state index in [9.17, 15) is 8.78 Å². The van der Waals surface area contributed by atoms with Crippen molar-refractivity contribution >= 4 is 23.9 Å². The van der Waals surface area contributed by atoms with Crippen molar-refractivity contribution in [3.05, 3.63) is 35.5 Å². The summed E-state index contributed by atoms with van der Waals surface area (Å²) in [6.45, 7) is 9.92. The normalized spacial score (nSPS) is 19.6. The van der Waals surface area contributed by atoms with Gasteiger partial charge in [-0.3, -0.25) is 4.99 Å². The number of rotatable bonds is 6. The van der Waals surface area contributed by atoms with E-state index in [2.05, 4.69) is 4.99 Å². The first kappa shape index (κ1) is 21.5. The molecule has 2 rings (SSSR count). The molecule has 0 saturated carbocycles. The number of methoxy groups -OCH3 is 1. The van der Waals surface area contributed by atoms with Crippen LogP contribution in [-0.2, 0) is 14.0 Å². The van der Waals surface area contributed by atoms with E-state index in [1.54, 1.807) is 14.0 Å². The van der Waals surface area contributed by atoms with Crippen molar-refractivity contribution in [2.45, 2.75) is 45.8 Å². The summed E-state index contributed by atoms with van der Waals surface area (Å²) in [5.74, 6) is -2.03. The first-order valence-corrected chi connectivity index (χ1v) is 8.82. The van der Waals surface area contributed by atoms with Gasteiger partial charge in [-0.15, -0.1) is 0 Å². The van der Waals surface area contributed by atoms with Crippen molar-refractivity contribution in [3.8, 4) is 0 Å².